The molecule has 0 fully saturated rings. The summed E-state index contributed by atoms with van der Waals surface area (Å²) in [6.07, 6.45) is 2.58. The molecule has 4 heteroatoms. The van der Waals surface area contributed by atoms with E-state index in [4.69, 9.17) is 17.3 Å². The van der Waals surface area contributed by atoms with Crippen LogP contribution < -0.4 is 5.73 Å². The van der Waals surface area contributed by atoms with Crippen LogP contribution in [-0.2, 0) is 6.42 Å². The van der Waals surface area contributed by atoms with Gasteiger partial charge in [0.2, 0.25) is 0 Å². The first-order valence-corrected chi connectivity index (χ1v) is 6.85. The Bertz CT molecular complexity index is 540. The van der Waals surface area contributed by atoms with E-state index in [0.29, 0.717) is 11.4 Å². The highest BCUT2D eigenvalue weighted by Crippen LogP contribution is 2.26. The Morgan fingerprint density at radius 3 is 2.72 bits per heavy atom. The Morgan fingerprint density at radius 1 is 1.33 bits per heavy atom. The third-order valence-corrected chi connectivity index (χ3v) is 3.99. The van der Waals surface area contributed by atoms with E-state index in [0.717, 1.165) is 21.3 Å². The summed E-state index contributed by atoms with van der Waals surface area (Å²) < 4.78 is 0.869. The predicted molar refractivity (Wildman–Crippen MR) is 78.8 cm³/mol. The Morgan fingerprint density at radius 2 is 2.11 bits per heavy atom. The lowest BCUT2D eigenvalue weighted by Gasteiger charge is -2.12. The summed E-state index contributed by atoms with van der Waals surface area (Å²) in [6, 6.07) is 9.75. The van der Waals surface area contributed by atoms with Crippen LogP contribution in [0.1, 0.15) is 22.9 Å². The molecule has 1 aromatic carbocycles. The minimum absolute atomic E-state index is 0.0752. The molecule has 0 spiro atoms. The quantitative estimate of drug-likeness (QED) is 0.924. The molecule has 94 valence electrons. The van der Waals surface area contributed by atoms with Crippen molar-refractivity contribution in [2.24, 2.45) is 5.73 Å². The highest BCUT2D eigenvalue weighted by molar-refractivity contribution is 9.10. The number of halogens is 2. The smallest absolute Gasteiger partial charge is 0.0548 e. The van der Waals surface area contributed by atoms with Gasteiger partial charge >= 0.3 is 0 Å². The summed E-state index contributed by atoms with van der Waals surface area (Å²) in [4.78, 5) is 4.37. The summed E-state index contributed by atoms with van der Waals surface area (Å²) in [7, 11) is 0. The molecule has 1 aromatic heterocycles. The fraction of sp³-hybridized carbons (Fsp3) is 0.214. The number of nitrogens with two attached hydrogens (primary N) is 1. The largest absolute Gasteiger partial charge is 0.324 e. The van der Waals surface area contributed by atoms with Crippen LogP contribution >= 0.6 is 27.5 Å². The van der Waals surface area contributed by atoms with E-state index >= 15 is 0 Å². The third kappa shape index (κ3) is 3.31. The maximum atomic E-state index is 6.18. The molecule has 0 amide bonds. The lowest BCUT2D eigenvalue weighted by atomic mass is 10.0. The number of rotatable bonds is 3. The SMILES string of the molecule is Cc1ccc(CC(N)c2ccc(Cl)c(Br)c2)nc1. The van der Waals surface area contributed by atoms with Crippen LogP contribution in [0, 0.1) is 6.92 Å². The molecule has 18 heavy (non-hydrogen) atoms. The second kappa shape index (κ2) is 5.83. The van der Waals surface area contributed by atoms with E-state index in [2.05, 4.69) is 20.9 Å². The van der Waals surface area contributed by atoms with Crippen molar-refractivity contribution in [3.05, 3.63) is 62.8 Å². The van der Waals surface area contributed by atoms with E-state index in [9.17, 15) is 0 Å². The van der Waals surface area contributed by atoms with Gasteiger partial charge in [-0.3, -0.25) is 4.98 Å². The molecule has 0 bridgehead atoms. The lowest BCUT2D eigenvalue weighted by Crippen LogP contribution is -2.14. The number of hydrogen-bond acceptors (Lipinski definition) is 2. The molecule has 0 aliphatic rings. The van der Waals surface area contributed by atoms with Gasteiger partial charge < -0.3 is 5.73 Å². The first-order chi connectivity index (χ1) is 8.56. The van der Waals surface area contributed by atoms with E-state index in [-0.39, 0.29) is 6.04 Å². The standard InChI is InChI=1S/C14H14BrClN2/c1-9-2-4-11(18-8-9)7-14(17)10-3-5-13(16)12(15)6-10/h2-6,8,14H,7,17H2,1H3. The number of aromatic nitrogens is 1. The average molecular weight is 326 g/mol. The molecule has 0 saturated heterocycles. The van der Waals surface area contributed by atoms with Gasteiger partial charge in [0.05, 0.1) is 5.02 Å². The van der Waals surface area contributed by atoms with Gasteiger partial charge in [-0.05, 0) is 52.2 Å². The number of benzene rings is 1. The van der Waals surface area contributed by atoms with Gasteiger partial charge in [0.1, 0.15) is 0 Å². The predicted octanol–water partition coefficient (Wildman–Crippen LogP) is 4.05. The van der Waals surface area contributed by atoms with Gasteiger partial charge in [-0.25, -0.2) is 0 Å². The van der Waals surface area contributed by atoms with Gasteiger partial charge in [-0.2, -0.15) is 0 Å². The molecule has 0 radical (unpaired) electrons. The zero-order valence-corrected chi connectivity index (χ0v) is 12.4. The van der Waals surface area contributed by atoms with Crippen LogP contribution in [0.4, 0.5) is 0 Å². The normalized spacial score (nSPS) is 12.4. The van der Waals surface area contributed by atoms with E-state index in [1.807, 2.05) is 43.5 Å². The topological polar surface area (TPSA) is 38.9 Å². The van der Waals surface area contributed by atoms with Crippen molar-refractivity contribution in [3.63, 3.8) is 0 Å². The second-order valence-corrected chi connectivity index (χ2v) is 5.57. The van der Waals surface area contributed by atoms with Crippen LogP contribution in [-0.4, -0.2) is 4.98 Å². The van der Waals surface area contributed by atoms with Gasteiger partial charge in [0, 0.05) is 28.8 Å². The van der Waals surface area contributed by atoms with Gasteiger partial charge in [-0.1, -0.05) is 23.7 Å². The van der Waals surface area contributed by atoms with Gasteiger partial charge in [-0.15, -0.1) is 0 Å². The summed E-state index contributed by atoms with van der Waals surface area (Å²) in [5.74, 6) is 0. The maximum absolute atomic E-state index is 6.18. The van der Waals surface area contributed by atoms with Crippen LogP contribution in [0.25, 0.3) is 0 Å². The van der Waals surface area contributed by atoms with Crippen LogP contribution in [0.5, 0.6) is 0 Å². The van der Waals surface area contributed by atoms with Crippen molar-refractivity contribution in [2.75, 3.05) is 0 Å². The van der Waals surface area contributed by atoms with E-state index < -0.39 is 0 Å². The summed E-state index contributed by atoms with van der Waals surface area (Å²) in [6.45, 7) is 2.02. The van der Waals surface area contributed by atoms with Crippen molar-refractivity contribution in [2.45, 2.75) is 19.4 Å². The van der Waals surface area contributed by atoms with E-state index in [1.54, 1.807) is 0 Å². The van der Waals surface area contributed by atoms with Crippen LogP contribution in [0.2, 0.25) is 5.02 Å². The van der Waals surface area contributed by atoms with Gasteiger partial charge in [0.25, 0.3) is 0 Å². The van der Waals surface area contributed by atoms with E-state index in [1.165, 1.54) is 0 Å². The van der Waals surface area contributed by atoms with Gasteiger partial charge in [0.15, 0.2) is 0 Å². The van der Waals surface area contributed by atoms with Crippen molar-refractivity contribution in [1.82, 2.24) is 4.98 Å². The fourth-order valence-corrected chi connectivity index (χ4v) is 2.22. The Labute approximate surface area is 120 Å². The molecule has 0 aliphatic carbocycles. The third-order valence-electron chi connectivity index (χ3n) is 2.77. The Balaban J connectivity index is 2.13. The Kier molecular flexibility index (Phi) is 4.38. The number of nitrogens with zero attached hydrogens (tertiary/aromatic N) is 1. The number of aryl methyl sites for hydroxylation is 1. The molecule has 0 saturated carbocycles. The molecule has 1 atom stereocenters. The highest BCUT2D eigenvalue weighted by Gasteiger charge is 2.09. The van der Waals surface area contributed by atoms with Crippen molar-refractivity contribution in [1.29, 1.82) is 0 Å². The number of hydrogen-bond donors (Lipinski definition) is 1. The minimum atomic E-state index is -0.0752. The zero-order chi connectivity index (χ0) is 13.1. The molecule has 0 aliphatic heterocycles. The molecule has 2 N–H and O–H groups in total. The summed E-state index contributed by atoms with van der Waals surface area (Å²) in [5.41, 5.74) is 9.38. The molecule has 2 aromatic rings. The molecule has 1 unspecified atom stereocenters. The zero-order valence-electron chi connectivity index (χ0n) is 10.0. The lowest BCUT2D eigenvalue weighted by molar-refractivity contribution is 0.706. The second-order valence-electron chi connectivity index (χ2n) is 4.31. The minimum Gasteiger partial charge on any atom is -0.324 e. The maximum Gasteiger partial charge on any atom is 0.0548 e. The van der Waals surface area contributed by atoms with Crippen molar-refractivity contribution < 1.29 is 0 Å². The molecular weight excluding hydrogens is 312 g/mol. The first-order valence-electron chi connectivity index (χ1n) is 5.68. The first kappa shape index (κ1) is 13.5. The summed E-state index contributed by atoms with van der Waals surface area (Å²) >= 11 is 9.37. The average Bonchev–Trinajstić information content (AvgIpc) is 2.35. The molecule has 2 rings (SSSR count). The van der Waals surface area contributed by atoms with Crippen LogP contribution in [0.15, 0.2) is 41.0 Å². The van der Waals surface area contributed by atoms with Crippen LogP contribution in [0.3, 0.4) is 0 Å². The van der Waals surface area contributed by atoms with Crippen molar-refractivity contribution in [3.8, 4) is 0 Å². The van der Waals surface area contributed by atoms with Crippen molar-refractivity contribution >= 4 is 27.5 Å². The molecule has 1 heterocycles. The monoisotopic (exact) mass is 324 g/mol. The molecule has 2 nitrogen and oxygen atoms in total. The fourth-order valence-electron chi connectivity index (χ4n) is 1.71. The number of pyridine rings is 1. The Hall–Kier alpha value is -0.900. The molecular formula is C14H14BrClN2. The highest BCUT2D eigenvalue weighted by atomic mass is 79.9. The summed E-state index contributed by atoms with van der Waals surface area (Å²) in [5, 5.41) is 0.694.